The SMILES string of the molecule is OC(CC1CC2CCC1(C(F)(F)F)C2)(C(F)(F)F)C(F)(F)F. The fourth-order valence-corrected chi connectivity index (χ4v) is 3.90. The number of halogens is 9. The van der Waals surface area contributed by atoms with Crippen LogP contribution in [-0.2, 0) is 0 Å². The van der Waals surface area contributed by atoms with Crippen molar-refractivity contribution in [2.45, 2.75) is 56.2 Å². The molecule has 130 valence electrons. The second kappa shape index (κ2) is 4.67. The van der Waals surface area contributed by atoms with Crippen molar-refractivity contribution in [1.29, 1.82) is 0 Å². The normalized spacial score (nSPS) is 33.5. The lowest BCUT2D eigenvalue weighted by Crippen LogP contribution is -2.59. The summed E-state index contributed by atoms with van der Waals surface area (Å²) in [6.45, 7) is 0. The van der Waals surface area contributed by atoms with Crippen LogP contribution < -0.4 is 0 Å². The van der Waals surface area contributed by atoms with Gasteiger partial charge in [-0.15, -0.1) is 0 Å². The molecule has 2 fully saturated rings. The molecule has 0 saturated heterocycles. The molecule has 2 bridgehead atoms. The molecule has 2 aliphatic rings. The largest absolute Gasteiger partial charge is 0.426 e. The zero-order valence-electron chi connectivity index (χ0n) is 11.0. The molecule has 3 unspecified atom stereocenters. The van der Waals surface area contributed by atoms with Gasteiger partial charge in [-0.25, -0.2) is 0 Å². The van der Waals surface area contributed by atoms with Crippen LogP contribution in [-0.4, -0.2) is 29.2 Å². The first kappa shape index (κ1) is 17.7. The molecule has 2 saturated carbocycles. The summed E-state index contributed by atoms with van der Waals surface area (Å²) in [5.41, 5.74) is -7.67. The zero-order valence-corrected chi connectivity index (χ0v) is 11.0. The molecule has 10 heteroatoms. The van der Waals surface area contributed by atoms with E-state index < -0.39 is 60.6 Å². The van der Waals surface area contributed by atoms with Gasteiger partial charge < -0.3 is 5.11 Å². The van der Waals surface area contributed by atoms with E-state index in [-0.39, 0.29) is 12.8 Å². The smallest absolute Gasteiger partial charge is 0.374 e. The molecule has 1 nitrogen and oxygen atoms in total. The Kier molecular flexibility index (Phi) is 3.75. The van der Waals surface area contributed by atoms with Gasteiger partial charge in [-0.3, -0.25) is 0 Å². The Morgan fingerprint density at radius 2 is 1.41 bits per heavy atom. The van der Waals surface area contributed by atoms with E-state index in [1.54, 1.807) is 0 Å². The van der Waals surface area contributed by atoms with Crippen LogP contribution in [0.5, 0.6) is 0 Å². The second-order valence-electron chi connectivity index (χ2n) is 6.26. The van der Waals surface area contributed by atoms with Crippen LogP contribution in [0.2, 0.25) is 0 Å². The fourth-order valence-electron chi connectivity index (χ4n) is 3.90. The standard InChI is InChI=1S/C12H13F9O/c13-10(14,15)8-2-1-6(4-8)3-7(8)5-9(22,11(16,17)18)12(19,20)21/h6-7,22H,1-5H2. The van der Waals surface area contributed by atoms with Gasteiger partial charge in [0.1, 0.15) is 0 Å². The Balaban J connectivity index is 2.36. The predicted octanol–water partition coefficient (Wildman–Crippen LogP) is 4.60. The summed E-state index contributed by atoms with van der Waals surface area (Å²) in [5, 5.41) is 9.14. The fraction of sp³-hybridized carbons (Fsp3) is 1.00. The maximum absolute atomic E-state index is 13.2. The van der Waals surface area contributed by atoms with Crippen LogP contribution in [0.4, 0.5) is 39.5 Å². The average molecular weight is 344 g/mol. The molecule has 0 heterocycles. The van der Waals surface area contributed by atoms with Crippen LogP contribution in [0, 0.1) is 17.3 Å². The van der Waals surface area contributed by atoms with Crippen LogP contribution in [0.25, 0.3) is 0 Å². The minimum absolute atomic E-state index is 0.131. The van der Waals surface area contributed by atoms with Crippen molar-refractivity contribution < 1.29 is 44.6 Å². The van der Waals surface area contributed by atoms with E-state index in [2.05, 4.69) is 0 Å². The van der Waals surface area contributed by atoms with Crippen LogP contribution >= 0.6 is 0 Å². The minimum Gasteiger partial charge on any atom is -0.374 e. The molecule has 0 aromatic carbocycles. The van der Waals surface area contributed by atoms with E-state index in [0.29, 0.717) is 0 Å². The quantitative estimate of drug-likeness (QED) is 0.726. The van der Waals surface area contributed by atoms with Gasteiger partial charge in [-0.2, -0.15) is 39.5 Å². The summed E-state index contributed by atoms with van der Waals surface area (Å²) in [5.74, 6) is -2.43. The maximum Gasteiger partial charge on any atom is 0.426 e. The molecule has 0 aromatic heterocycles. The van der Waals surface area contributed by atoms with Crippen LogP contribution in [0.3, 0.4) is 0 Å². The molecule has 0 aromatic rings. The van der Waals surface area contributed by atoms with Crippen LogP contribution in [0.15, 0.2) is 0 Å². The highest BCUT2D eigenvalue weighted by atomic mass is 19.4. The van der Waals surface area contributed by atoms with E-state index in [9.17, 15) is 39.5 Å². The number of fused-ring (bicyclic) bond motifs is 2. The summed E-state index contributed by atoms with van der Waals surface area (Å²) < 4.78 is 116. The molecule has 1 N–H and O–H groups in total. The van der Waals surface area contributed by atoms with Crippen molar-refractivity contribution in [2.24, 2.45) is 17.3 Å². The lowest BCUT2D eigenvalue weighted by Gasteiger charge is -2.42. The summed E-state index contributed by atoms with van der Waals surface area (Å²) in [6, 6.07) is 0. The molecule has 22 heavy (non-hydrogen) atoms. The topological polar surface area (TPSA) is 20.2 Å². The van der Waals surface area contributed by atoms with Crippen molar-refractivity contribution in [1.82, 2.24) is 0 Å². The van der Waals surface area contributed by atoms with E-state index >= 15 is 0 Å². The first-order valence-corrected chi connectivity index (χ1v) is 6.57. The Hall–Kier alpha value is -0.670. The number of alkyl halides is 9. The van der Waals surface area contributed by atoms with Gasteiger partial charge in [-0.1, -0.05) is 0 Å². The van der Waals surface area contributed by atoms with Crippen molar-refractivity contribution in [3.8, 4) is 0 Å². The van der Waals surface area contributed by atoms with Crippen molar-refractivity contribution in [3.05, 3.63) is 0 Å². The van der Waals surface area contributed by atoms with Gasteiger partial charge in [0.05, 0.1) is 5.41 Å². The molecule has 0 spiro atoms. The summed E-state index contributed by atoms with van der Waals surface area (Å²) >= 11 is 0. The van der Waals surface area contributed by atoms with Gasteiger partial charge >= 0.3 is 18.5 Å². The molecular formula is C12H13F9O. The second-order valence-corrected chi connectivity index (χ2v) is 6.26. The van der Waals surface area contributed by atoms with Gasteiger partial charge in [0.2, 0.25) is 0 Å². The summed E-state index contributed by atoms with van der Waals surface area (Å²) in [4.78, 5) is 0. The predicted molar refractivity (Wildman–Crippen MR) is 55.6 cm³/mol. The van der Waals surface area contributed by atoms with E-state index in [1.165, 1.54) is 0 Å². The number of hydrogen-bond donors (Lipinski definition) is 1. The Labute approximate surface area is 119 Å². The molecule has 0 aliphatic heterocycles. The van der Waals surface area contributed by atoms with Gasteiger partial charge in [-0.05, 0) is 43.9 Å². The zero-order chi connectivity index (χ0) is 17.2. The van der Waals surface area contributed by atoms with Gasteiger partial charge in [0, 0.05) is 0 Å². The average Bonchev–Trinajstić information content (AvgIpc) is 2.83. The minimum atomic E-state index is -6.08. The van der Waals surface area contributed by atoms with Crippen molar-refractivity contribution in [2.75, 3.05) is 0 Å². The molecule has 2 aliphatic carbocycles. The van der Waals surface area contributed by atoms with Crippen molar-refractivity contribution in [3.63, 3.8) is 0 Å². The highest BCUT2D eigenvalue weighted by Crippen LogP contribution is 2.67. The number of aliphatic hydroxyl groups is 1. The third kappa shape index (κ3) is 2.37. The lowest BCUT2D eigenvalue weighted by molar-refractivity contribution is -0.377. The Bertz CT molecular complexity index is 421. The molecular weight excluding hydrogens is 331 g/mol. The third-order valence-electron chi connectivity index (χ3n) is 5.10. The third-order valence-corrected chi connectivity index (χ3v) is 5.10. The number of hydrogen-bond acceptors (Lipinski definition) is 1. The van der Waals surface area contributed by atoms with Gasteiger partial charge in [0.25, 0.3) is 5.60 Å². The lowest BCUT2D eigenvalue weighted by atomic mass is 9.69. The molecule has 0 radical (unpaired) electrons. The first-order valence-electron chi connectivity index (χ1n) is 6.57. The van der Waals surface area contributed by atoms with Crippen LogP contribution in [0.1, 0.15) is 32.1 Å². The van der Waals surface area contributed by atoms with E-state index in [1.807, 2.05) is 0 Å². The number of rotatable bonds is 2. The molecule has 3 atom stereocenters. The Morgan fingerprint density at radius 3 is 1.77 bits per heavy atom. The Morgan fingerprint density at radius 1 is 0.909 bits per heavy atom. The van der Waals surface area contributed by atoms with E-state index in [0.717, 1.165) is 0 Å². The van der Waals surface area contributed by atoms with Gasteiger partial charge in [0.15, 0.2) is 0 Å². The van der Waals surface area contributed by atoms with E-state index in [4.69, 9.17) is 5.11 Å². The monoisotopic (exact) mass is 344 g/mol. The highest BCUT2D eigenvalue weighted by Gasteiger charge is 2.74. The first-order chi connectivity index (χ1) is 9.64. The maximum atomic E-state index is 13.2. The molecule has 0 amide bonds. The summed E-state index contributed by atoms with van der Waals surface area (Å²) in [6.07, 6.45) is -20.3. The summed E-state index contributed by atoms with van der Waals surface area (Å²) in [7, 11) is 0. The highest BCUT2D eigenvalue weighted by molar-refractivity contribution is 5.09. The van der Waals surface area contributed by atoms with Crippen molar-refractivity contribution >= 4 is 0 Å². The molecule has 2 rings (SSSR count).